The molecule has 3 aromatic rings. The van der Waals surface area contributed by atoms with Gasteiger partial charge >= 0.3 is 6.03 Å². The molecule has 1 atom stereocenters. The van der Waals surface area contributed by atoms with Crippen molar-refractivity contribution >= 4 is 34.2 Å². The molecule has 1 aliphatic rings. The summed E-state index contributed by atoms with van der Waals surface area (Å²) < 4.78 is 6.03. The van der Waals surface area contributed by atoms with Gasteiger partial charge < -0.3 is 20.4 Å². The van der Waals surface area contributed by atoms with Crippen molar-refractivity contribution < 1.29 is 9.53 Å². The fourth-order valence-corrected chi connectivity index (χ4v) is 3.93. The Balaban J connectivity index is 1.62. The third-order valence-corrected chi connectivity index (χ3v) is 5.33. The molecule has 0 spiro atoms. The second-order valence-electron chi connectivity index (χ2n) is 7.94. The molecule has 1 aromatic heterocycles. The Bertz CT molecular complexity index is 1170. The highest BCUT2D eigenvalue weighted by Gasteiger charge is 2.34. The van der Waals surface area contributed by atoms with Gasteiger partial charge in [-0.15, -0.1) is 0 Å². The van der Waals surface area contributed by atoms with Gasteiger partial charge in [0.1, 0.15) is 11.4 Å². The summed E-state index contributed by atoms with van der Waals surface area (Å²) in [4.78, 5) is 27.2. The molecule has 0 unspecified atom stereocenters. The number of carbonyl (C=O) groups excluding carboxylic acids is 1. The molecule has 29 heavy (non-hydrogen) atoms. The number of carbonyl (C=O) groups is 1. The van der Waals surface area contributed by atoms with Crippen LogP contribution in [0.25, 0.3) is 10.9 Å². The van der Waals surface area contributed by atoms with Gasteiger partial charge in [0.25, 0.3) is 0 Å². The Labute approximate surface area is 173 Å². The van der Waals surface area contributed by atoms with E-state index in [4.69, 9.17) is 16.3 Å². The van der Waals surface area contributed by atoms with E-state index < -0.39 is 5.60 Å². The van der Waals surface area contributed by atoms with Crippen molar-refractivity contribution in [1.82, 2.24) is 10.3 Å². The summed E-state index contributed by atoms with van der Waals surface area (Å²) in [6.45, 7) is 5.87. The van der Waals surface area contributed by atoms with Gasteiger partial charge in [-0.2, -0.15) is 0 Å². The molecule has 150 valence electrons. The summed E-state index contributed by atoms with van der Waals surface area (Å²) in [5.74, 6) is 0.679. The second-order valence-corrected chi connectivity index (χ2v) is 8.38. The summed E-state index contributed by atoms with van der Waals surface area (Å²) in [7, 11) is 0. The molecule has 0 saturated carbocycles. The minimum Gasteiger partial charge on any atom is -0.487 e. The minimum atomic E-state index is -0.440. The molecule has 0 bridgehead atoms. The van der Waals surface area contributed by atoms with Gasteiger partial charge in [0.15, 0.2) is 0 Å². The molecule has 3 N–H and O–H groups in total. The first-order chi connectivity index (χ1) is 13.7. The van der Waals surface area contributed by atoms with Gasteiger partial charge in [0.05, 0.1) is 17.2 Å². The van der Waals surface area contributed by atoms with Crippen LogP contribution < -0.4 is 20.9 Å². The number of anilines is 1. The molecule has 0 aliphatic carbocycles. The fourth-order valence-electron chi connectivity index (χ4n) is 3.77. The Morgan fingerprint density at radius 1 is 1.21 bits per heavy atom. The SMILES string of the molecule is Cc1ccc2[nH]c(=O)ccc2c1NC(=O)N[C@@H]1CC(C)(C)Oc2cc(Cl)ccc21. The molecule has 2 aromatic carbocycles. The predicted octanol–water partition coefficient (Wildman–Crippen LogP) is 4.91. The van der Waals surface area contributed by atoms with Crippen molar-refractivity contribution in [2.24, 2.45) is 0 Å². The standard InChI is InChI=1S/C22H22ClN3O3/c1-12-4-8-16-15(7-9-19(27)24-16)20(12)26-21(28)25-17-11-22(2,3)29-18-10-13(23)5-6-14(17)18/h4-10,17H,11H2,1-3H3,(H,24,27)(H2,25,26,28)/t17-/m1/s1. The molecule has 0 saturated heterocycles. The number of amides is 2. The van der Waals surface area contributed by atoms with E-state index >= 15 is 0 Å². The number of ether oxygens (including phenoxy) is 1. The van der Waals surface area contributed by atoms with Crippen LogP contribution in [0, 0.1) is 6.92 Å². The lowest BCUT2D eigenvalue weighted by atomic mass is 9.90. The molecule has 2 amide bonds. The largest absolute Gasteiger partial charge is 0.487 e. The molecule has 0 fully saturated rings. The highest BCUT2D eigenvalue weighted by atomic mass is 35.5. The van der Waals surface area contributed by atoms with E-state index in [1.807, 2.05) is 39.0 Å². The topological polar surface area (TPSA) is 83.2 Å². The van der Waals surface area contributed by atoms with Gasteiger partial charge in [0, 0.05) is 28.5 Å². The van der Waals surface area contributed by atoms with Crippen molar-refractivity contribution in [2.75, 3.05) is 5.32 Å². The van der Waals surface area contributed by atoms with Crippen molar-refractivity contribution in [1.29, 1.82) is 0 Å². The average Bonchev–Trinajstić information content (AvgIpc) is 2.62. The zero-order valence-electron chi connectivity index (χ0n) is 16.4. The van der Waals surface area contributed by atoms with Gasteiger partial charge in [-0.3, -0.25) is 4.79 Å². The molecular weight excluding hydrogens is 390 g/mol. The Morgan fingerprint density at radius 3 is 2.79 bits per heavy atom. The smallest absolute Gasteiger partial charge is 0.319 e. The van der Waals surface area contributed by atoms with Crippen molar-refractivity contribution in [2.45, 2.75) is 38.8 Å². The van der Waals surface area contributed by atoms with Crippen molar-refractivity contribution in [3.8, 4) is 5.75 Å². The van der Waals surface area contributed by atoms with Crippen molar-refractivity contribution in [3.05, 3.63) is 69.0 Å². The van der Waals surface area contributed by atoms with E-state index in [0.717, 1.165) is 16.5 Å². The number of benzene rings is 2. The molecule has 2 heterocycles. The Hall–Kier alpha value is -2.99. The van der Waals surface area contributed by atoms with Gasteiger partial charge in [-0.05, 0) is 50.6 Å². The highest BCUT2D eigenvalue weighted by Crippen LogP contribution is 2.40. The van der Waals surface area contributed by atoms with Crippen LogP contribution in [0.4, 0.5) is 10.5 Å². The van der Waals surface area contributed by atoms with Gasteiger partial charge in [-0.25, -0.2) is 4.79 Å². The molecule has 1 aliphatic heterocycles. The van der Waals surface area contributed by atoms with Crippen LogP contribution >= 0.6 is 11.6 Å². The van der Waals surface area contributed by atoms with Gasteiger partial charge in [0.2, 0.25) is 5.56 Å². The van der Waals surface area contributed by atoms with Crippen LogP contribution in [0.3, 0.4) is 0 Å². The number of nitrogens with one attached hydrogen (secondary N) is 3. The van der Waals surface area contributed by atoms with E-state index in [1.54, 1.807) is 18.2 Å². The number of H-pyrrole nitrogens is 1. The lowest BCUT2D eigenvalue weighted by molar-refractivity contribution is 0.0683. The van der Waals surface area contributed by atoms with E-state index in [0.29, 0.717) is 28.4 Å². The van der Waals surface area contributed by atoms with Gasteiger partial charge in [-0.1, -0.05) is 23.7 Å². The molecule has 0 radical (unpaired) electrons. The van der Waals surface area contributed by atoms with E-state index in [1.165, 1.54) is 6.07 Å². The fraction of sp³-hybridized carbons (Fsp3) is 0.273. The number of pyridine rings is 1. The first-order valence-corrected chi connectivity index (χ1v) is 9.78. The first-order valence-electron chi connectivity index (χ1n) is 9.40. The van der Waals surface area contributed by atoms with Crippen LogP contribution in [0.2, 0.25) is 5.02 Å². The molecular formula is C22H22ClN3O3. The van der Waals surface area contributed by atoms with E-state index in [-0.39, 0.29) is 17.6 Å². The second kappa shape index (κ2) is 7.12. The first kappa shape index (κ1) is 19.3. The molecule has 7 heteroatoms. The monoisotopic (exact) mass is 411 g/mol. The van der Waals surface area contributed by atoms with Crippen molar-refractivity contribution in [3.63, 3.8) is 0 Å². The van der Waals surface area contributed by atoms with Crippen LogP contribution in [0.15, 0.2) is 47.3 Å². The number of urea groups is 1. The predicted molar refractivity (Wildman–Crippen MR) is 115 cm³/mol. The number of rotatable bonds is 2. The van der Waals surface area contributed by atoms with Crippen LogP contribution in [-0.2, 0) is 0 Å². The number of hydrogen-bond acceptors (Lipinski definition) is 3. The minimum absolute atomic E-state index is 0.184. The van der Waals surface area contributed by atoms with Crippen LogP contribution in [-0.4, -0.2) is 16.6 Å². The lowest BCUT2D eigenvalue weighted by Gasteiger charge is -2.38. The summed E-state index contributed by atoms with van der Waals surface area (Å²) in [6.07, 6.45) is 0.622. The third kappa shape index (κ3) is 3.93. The summed E-state index contributed by atoms with van der Waals surface area (Å²) in [5.41, 5.74) is 2.51. The van der Waals surface area contributed by atoms with Crippen LogP contribution in [0.5, 0.6) is 5.75 Å². The number of fused-ring (bicyclic) bond motifs is 2. The number of aryl methyl sites for hydroxylation is 1. The third-order valence-electron chi connectivity index (χ3n) is 5.09. The lowest BCUT2D eigenvalue weighted by Crippen LogP contribution is -2.42. The number of hydrogen-bond donors (Lipinski definition) is 3. The number of aromatic nitrogens is 1. The maximum atomic E-state index is 12.9. The normalized spacial score (nSPS) is 17.3. The Kier molecular flexibility index (Phi) is 4.74. The zero-order chi connectivity index (χ0) is 20.8. The molecule has 6 nitrogen and oxygen atoms in total. The summed E-state index contributed by atoms with van der Waals surface area (Å²) in [6, 6.07) is 11.8. The summed E-state index contributed by atoms with van der Waals surface area (Å²) in [5, 5.41) is 7.37. The highest BCUT2D eigenvalue weighted by molar-refractivity contribution is 6.30. The zero-order valence-corrected chi connectivity index (χ0v) is 17.2. The van der Waals surface area contributed by atoms with Crippen LogP contribution in [0.1, 0.15) is 37.4 Å². The average molecular weight is 412 g/mol. The van der Waals surface area contributed by atoms with E-state index in [2.05, 4.69) is 15.6 Å². The van der Waals surface area contributed by atoms with E-state index in [9.17, 15) is 9.59 Å². The molecule has 4 rings (SSSR count). The number of aromatic amines is 1. The quantitative estimate of drug-likeness (QED) is 0.560. The Morgan fingerprint density at radius 2 is 2.00 bits per heavy atom. The maximum absolute atomic E-state index is 12.9. The maximum Gasteiger partial charge on any atom is 0.319 e. The number of halogens is 1. The summed E-state index contributed by atoms with van der Waals surface area (Å²) >= 11 is 6.11.